The van der Waals surface area contributed by atoms with Gasteiger partial charge >= 0.3 is 6.09 Å². The SMILES string of the molecule is CC(C)(CCO)[C@@H](OC(=O)Nc1ccc(C#N)cc1)c1ccccc1OCCO. The Kier molecular flexibility index (Phi) is 8.01. The van der Waals surface area contributed by atoms with E-state index >= 15 is 0 Å². The molecule has 1 atom stereocenters. The summed E-state index contributed by atoms with van der Waals surface area (Å²) in [4.78, 5) is 12.6. The number of carbonyl (C=O) groups excluding carboxylic acids is 1. The Balaban J connectivity index is 2.27. The summed E-state index contributed by atoms with van der Waals surface area (Å²) in [7, 11) is 0. The third-order valence-electron chi connectivity index (χ3n) is 4.50. The highest BCUT2D eigenvalue weighted by atomic mass is 16.6. The predicted molar refractivity (Wildman–Crippen MR) is 109 cm³/mol. The molecule has 0 aliphatic carbocycles. The van der Waals surface area contributed by atoms with Crippen LogP contribution in [0.1, 0.15) is 37.5 Å². The first-order chi connectivity index (χ1) is 13.9. The van der Waals surface area contributed by atoms with Crippen LogP contribution in [-0.2, 0) is 4.74 Å². The number of hydrogen-bond acceptors (Lipinski definition) is 6. The molecule has 0 bridgehead atoms. The topological polar surface area (TPSA) is 112 Å². The lowest BCUT2D eigenvalue weighted by molar-refractivity contribution is 0.0133. The summed E-state index contributed by atoms with van der Waals surface area (Å²) in [5, 5.41) is 30.1. The van der Waals surface area contributed by atoms with Gasteiger partial charge in [0.25, 0.3) is 0 Å². The second-order valence-electron chi connectivity index (χ2n) is 7.17. The van der Waals surface area contributed by atoms with Gasteiger partial charge in [0.2, 0.25) is 0 Å². The molecule has 2 rings (SSSR count). The molecular formula is C22H26N2O5. The highest BCUT2D eigenvalue weighted by molar-refractivity contribution is 5.84. The van der Waals surface area contributed by atoms with E-state index in [0.29, 0.717) is 29.0 Å². The largest absolute Gasteiger partial charge is 0.491 e. The Morgan fingerprint density at radius 1 is 1.14 bits per heavy atom. The maximum atomic E-state index is 12.6. The predicted octanol–water partition coefficient (Wildman–Crippen LogP) is 3.63. The highest BCUT2D eigenvalue weighted by Gasteiger charge is 2.35. The van der Waals surface area contributed by atoms with Crippen LogP contribution in [0.15, 0.2) is 48.5 Å². The van der Waals surface area contributed by atoms with Gasteiger partial charge in [0, 0.05) is 23.3 Å². The van der Waals surface area contributed by atoms with Crippen molar-refractivity contribution in [3.8, 4) is 11.8 Å². The molecule has 0 spiro atoms. The number of nitriles is 1. The first kappa shape index (κ1) is 22.2. The highest BCUT2D eigenvalue weighted by Crippen LogP contribution is 2.43. The van der Waals surface area contributed by atoms with Gasteiger partial charge in [0.05, 0.1) is 18.2 Å². The third kappa shape index (κ3) is 6.21. The van der Waals surface area contributed by atoms with Crippen LogP contribution in [0, 0.1) is 16.7 Å². The van der Waals surface area contributed by atoms with Gasteiger partial charge in [-0.2, -0.15) is 5.26 Å². The first-order valence-electron chi connectivity index (χ1n) is 9.32. The van der Waals surface area contributed by atoms with Gasteiger partial charge in [-0.3, -0.25) is 5.32 Å². The van der Waals surface area contributed by atoms with E-state index < -0.39 is 17.6 Å². The molecule has 2 aromatic rings. The fraction of sp³-hybridized carbons (Fsp3) is 0.364. The molecule has 0 aliphatic rings. The van der Waals surface area contributed by atoms with Crippen LogP contribution in [0.25, 0.3) is 0 Å². The van der Waals surface area contributed by atoms with Crippen molar-refractivity contribution >= 4 is 11.8 Å². The van der Waals surface area contributed by atoms with Crippen molar-refractivity contribution in [3.63, 3.8) is 0 Å². The number of nitrogens with zero attached hydrogens (tertiary/aromatic N) is 1. The summed E-state index contributed by atoms with van der Waals surface area (Å²) in [5.74, 6) is 0.503. The minimum Gasteiger partial charge on any atom is -0.491 e. The minimum atomic E-state index is -0.706. The molecular weight excluding hydrogens is 372 g/mol. The molecule has 0 unspecified atom stereocenters. The Labute approximate surface area is 170 Å². The number of aliphatic hydroxyl groups is 2. The number of amides is 1. The Bertz CT molecular complexity index is 843. The summed E-state index contributed by atoms with van der Waals surface area (Å²) >= 11 is 0. The monoisotopic (exact) mass is 398 g/mol. The zero-order valence-corrected chi connectivity index (χ0v) is 16.6. The molecule has 0 fully saturated rings. The summed E-state index contributed by atoms with van der Waals surface area (Å²) in [5.41, 5.74) is 1.04. The van der Waals surface area contributed by atoms with Crippen LogP contribution in [0.3, 0.4) is 0 Å². The van der Waals surface area contributed by atoms with Crippen molar-refractivity contribution in [3.05, 3.63) is 59.7 Å². The van der Waals surface area contributed by atoms with Gasteiger partial charge in [-0.25, -0.2) is 4.79 Å². The summed E-state index contributed by atoms with van der Waals surface area (Å²) in [6.45, 7) is 3.70. The number of para-hydroxylation sites is 1. The lowest BCUT2D eigenvalue weighted by Gasteiger charge is -2.34. The van der Waals surface area contributed by atoms with Gasteiger partial charge < -0.3 is 19.7 Å². The van der Waals surface area contributed by atoms with E-state index in [4.69, 9.17) is 19.8 Å². The van der Waals surface area contributed by atoms with Gasteiger partial charge in [0.1, 0.15) is 18.5 Å². The van der Waals surface area contributed by atoms with E-state index in [2.05, 4.69) is 5.32 Å². The quantitative estimate of drug-likeness (QED) is 0.595. The normalized spacial score (nSPS) is 12.0. The number of rotatable bonds is 9. The van der Waals surface area contributed by atoms with E-state index in [1.807, 2.05) is 26.0 Å². The zero-order valence-electron chi connectivity index (χ0n) is 16.6. The average Bonchev–Trinajstić information content (AvgIpc) is 2.71. The molecule has 0 aliphatic heterocycles. The molecule has 0 saturated heterocycles. The van der Waals surface area contributed by atoms with Crippen molar-refractivity contribution in [1.29, 1.82) is 5.26 Å². The Morgan fingerprint density at radius 3 is 2.45 bits per heavy atom. The van der Waals surface area contributed by atoms with Crippen molar-refractivity contribution in [2.75, 3.05) is 25.1 Å². The number of hydrogen-bond donors (Lipinski definition) is 3. The second-order valence-corrected chi connectivity index (χ2v) is 7.17. The van der Waals surface area contributed by atoms with Crippen LogP contribution >= 0.6 is 0 Å². The second kappa shape index (κ2) is 10.5. The molecule has 0 saturated carbocycles. The third-order valence-corrected chi connectivity index (χ3v) is 4.50. The molecule has 7 heteroatoms. The maximum Gasteiger partial charge on any atom is 0.412 e. The summed E-state index contributed by atoms with van der Waals surface area (Å²) < 4.78 is 11.4. The Morgan fingerprint density at radius 2 is 1.83 bits per heavy atom. The Hall–Kier alpha value is -3.08. The average molecular weight is 398 g/mol. The van der Waals surface area contributed by atoms with E-state index in [1.165, 1.54) is 0 Å². The molecule has 0 aromatic heterocycles. The number of carbonyl (C=O) groups is 1. The van der Waals surface area contributed by atoms with Crippen molar-refractivity contribution in [2.45, 2.75) is 26.4 Å². The maximum absolute atomic E-state index is 12.6. The van der Waals surface area contributed by atoms with E-state index in [1.54, 1.807) is 42.5 Å². The molecule has 0 radical (unpaired) electrons. The molecule has 1 amide bonds. The molecule has 2 aromatic carbocycles. The van der Waals surface area contributed by atoms with E-state index in [9.17, 15) is 9.90 Å². The molecule has 154 valence electrons. The lowest BCUT2D eigenvalue weighted by Crippen LogP contribution is -2.30. The molecule has 7 nitrogen and oxygen atoms in total. The zero-order chi connectivity index (χ0) is 21.3. The lowest BCUT2D eigenvalue weighted by atomic mass is 9.79. The number of ether oxygens (including phenoxy) is 2. The number of aliphatic hydroxyl groups excluding tert-OH is 2. The molecule has 3 N–H and O–H groups in total. The van der Waals surface area contributed by atoms with Crippen LogP contribution in [0.2, 0.25) is 0 Å². The van der Waals surface area contributed by atoms with Gasteiger partial charge in [-0.05, 0) is 36.8 Å². The first-order valence-corrected chi connectivity index (χ1v) is 9.32. The standard InChI is InChI=1S/C22H26N2O5/c1-22(2,11-12-25)20(18-5-3-4-6-19(18)28-14-13-26)29-21(27)24-17-9-7-16(15-23)8-10-17/h3-10,20,25-26H,11-14H2,1-2H3,(H,24,27)/t20-/m0/s1. The van der Waals surface area contributed by atoms with Crippen LogP contribution < -0.4 is 10.1 Å². The van der Waals surface area contributed by atoms with Crippen LogP contribution in [0.5, 0.6) is 5.75 Å². The van der Waals surface area contributed by atoms with Crippen LogP contribution in [-0.4, -0.2) is 36.1 Å². The van der Waals surface area contributed by atoms with Crippen LogP contribution in [0.4, 0.5) is 10.5 Å². The summed E-state index contributed by atoms with van der Waals surface area (Å²) in [6.07, 6.45) is -0.971. The fourth-order valence-electron chi connectivity index (χ4n) is 2.93. The number of nitrogens with one attached hydrogen (secondary N) is 1. The molecule has 0 heterocycles. The minimum absolute atomic E-state index is 0.0657. The summed E-state index contributed by atoms with van der Waals surface area (Å²) in [6, 6.07) is 15.6. The number of anilines is 1. The van der Waals surface area contributed by atoms with Gasteiger partial charge in [-0.15, -0.1) is 0 Å². The van der Waals surface area contributed by atoms with Gasteiger partial charge in [-0.1, -0.05) is 32.0 Å². The smallest absolute Gasteiger partial charge is 0.412 e. The van der Waals surface area contributed by atoms with Crippen molar-refractivity contribution in [2.24, 2.45) is 5.41 Å². The fourth-order valence-corrected chi connectivity index (χ4v) is 2.93. The van der Waals surface area contributed by atoms with E-state index in [0.717, 1.165) is 0 Å². The molecule has 29 heavy (non-hydrogen) atoms. The van der Waals surface area contributed by atoms with Crippen molar-refractivity contribution < 1.29 is 24.5 Å². The van der Waals surface area contributed by atoms with Crippen molar-refractivity contribution in [1.82, 2.24) is 0 Å². The number of benzene rings is 2. The van der Waals surface area contributed by atoms with Gasteiger partial charge in [0.15, 0.2) is 0 Å². The van der Waals surface area contributed by atoms with E-state index in [-0.39, 0.29) is 19.8 Å².